The topological polar surface area (TPSA) is 69.0 Å². The zero-order valence-electron chi connectivity index (χ0n) is 17.2. The molecule has 0 N–H and O–H groups in total. The van der Waals surface area contributed by atoms with Gasteiger partial charge in [-0.25, -0.2) is 17.2 Å². The van der Waals surface area contributed by atoms with Crippen LogP contribution in [0.1, 0.15) is 5.56 Å². The fourth-order valence-corrected chi connectivity index (χ4v) is 4.03. The van der Waals surface area contributed by atoms with Crippen molar-refractivity contribution in [3.05, 3.63) is 100 Å². The molecule has 0 saturated carbocycles. The minimum atomic E-state index is -3.38. The molecule has 0 atom stereocenters. The summed E-state index contributed by atoms with van der Waals surface area (Å²) in [5.41, 5.74) is 2.03. The first-order chi connectivity index (χ1) is 15.1. The molecule has 0 fully saturated rings. The molecule has 8 heteroatoms. The van der Waals surface area contributed by atoms with Crippen LogP contribution >= 0.6 is 0 Å². The Hall–Kier alpha value is -3.65. The Morgan fingerprint density at radius 3 is 2.09 bits per heavy atom. The third-order valence-electron chi connectivity index (χ3n) is 5.09. The molecular formula is C24H18F2N2O3S. The van der Waals surface area contributed by atoms with Gasteiger partial charge in [-0.3, -0.25) is 4.79 Å². The van der Waals surface area contributed by atoms with Gasteiger partial charge >= 0.3 is 0 Å². The van der Waals surface area contributed by atoms with Crippen LogP contribution in [0.4, 0.5) is 8.78 Å². The summed E-state index contributed by atoms with van der Waals surface area (Å²) in [6, 6.07) is 15.8. The maximum Gasteiger partial charge on any atom is 0.279 e. The van der Waals surface area contributed by atoms with Gasteiger partial charge in [0.2, 0.25) is 0 Å². The van der Waals surface area contributed by atoms with Gasteiger partial charge < -0.3 is 0 Å². The molecule has 0 aliphatic carbocycles. The van der Waals surface area contributed by atoms with Gasteiger partial charge in [0.15, 0.2) is 9.84 Å². The molecule has 0 radical (unpaired) electrons. The molecule has 3 aromatic carbocycles. The third kappa shape index (κ3) is 4.09. The van der Waals surface area contributed by atoms with Crippen molar-refractivity contribution in [1.29, 1.82) is 0 Å². The maximum absolute atomic E-state index is 13.9. The Morgan fingerprint density at radius 1 is 0.875 bits per heavy atom. The summed E-state index contributed by atoms with van der Waals surface area (Å²) in [4.78, 5) is 13.6. The predicted octanol–water partition coefficient (Wildman–Crippen LogP) is 4.56. The predicted molar refractivity (Wildman–Crippen MR) is 118 cm³/mol. The number of aryl methyl sites for hydroxylation is 1. The second-order valence-electron chi connectivity index (χ2n) is 7.39. The number of rotatable bonds is 4. The number of nitrogens with zero attached hydrogens (tertiary/aromatic N) is 2. The number of sulfone groups is 1. The number of benzene rings is 3. The molecule has 0 amide bonds. The molecule has 0 saturated heterocycles. The van der Waals surface area contributed by atoms with Crippen LogP contribution in [0.2, 0.25) is 0 Å². The van der Waals surface area contributed by atoms with Crippen molar-refractivity contribution in [2.45, 2.75) is 11.8 Å². The maximum atomic E-state index is 13.9. The van der Waals surface area contributed by atoms with Crippen LogP contribution in [0.15, 0.2) is 82.6 Å². The molecule has 0 spiro atoms. The molecule has 1 heterocycles. The molecule has 32 heavy (non-hydrogen) atoms. The van der Waals surface area contributed by atoms with Crippen LogP contribution in [0.3, 0.4) is 0 Å². The largest absolute Gasteiger partial charge is 0.279 e. The Bertz CT molecular complexity index is 1480. The summed E-state index contributed by atoms with van der Waals surface area (Å²) < 4.78 is 52.0. The van der Waals surface area contributed by atoms with Crippen molar-refractivity contribution in [2.24, 2.45) is 0 Å². The molecule has 0 aliphatic rings. The summed E-state index contributed by atoms with van der Waals surface area (Å²) in [6.45, 7) is 1.60. The van der Waals surface area contributed by atoms with Gasteiger partial charge in [-0.2, -0.15) is 9.78 Å². The average molecular weight is 452 g/mol. The van der Waals surface area contributed by atoms with Gasteiger partial charge in [-0.1, -0.05) is 18.2 Å². The van der Waals surface area contributed by atoms with E-state index in [1.807, 2.05) is 0 Å². The Balaban J connectivity index is 1.97. The summed E-state index contributed by atoms with van der Waals surface area (Å²) >= 11 is 0. The van der Waals surface area contributed by atoms with E-state index in [0.717, 1.165) is 10.9 Å². The van der Waals surface area contributed by atoms with Crippen LogP contribution in [-0.2, 0) is 9.84 Å². The normalized spacial score (nSPS) is 11.5. The molecule has 4 aromatic rings. The van der Waals surface area contributed by atoms with E-state index >= 15 is 0 Å². The van der Waals surface area contributed by atoms with Gasteiger partial charge in [0.05, 0.1) is 22.3 Å². The van der Waals surface area contributed by atoms with E-state index < -0.39 is 27.0 Å². The second kappa shape index (κ2) is 8.12. The third-order valence-corrected chi connectivity index (χ3v) is 6.22. The van der Waals surface area contributed by atoms with Crippen LogP contribution in [-0.4, -0.2) is 24.5 Å². The lowest BCUT2D eigenvalue weighted by atomic mass is 9.96. The fraction of sp³-hybridized carbons (Fsp3) is 0.0833. The van der Waals surface area contributed by atoms with Crippen LogP contribution in [0.5, 0.6) is 0 Å². The minimum absolute atomic E-state index is 0.146. The van der Waals surface area contributed by atoms with Crippen molar-refractivity contribution in [1.82, 2.24) is 9.78 Å². The number of halogens is 2. The van der Waals surface area contributed by atoms with E-state index in [2.05, 4.69) is 5.10 Å². The Kier molecular flexibility index (Phi) is 5.48. The lowest BCUT2D eigenvalue weighted by Gasteiger charge is -2.14. The van der Waals surface area contributed by atoms with Gasteiger partial charge in [0.1, 0.15) is 11.6 Å². The van der Waals surface area contributed by atoms with E-state index in [9.17, 15) is 22.0 Å². The number of hydrogen-bond acceptors (Lipinski definition) is 4. The molecule has 0 bridgehead atoms. The molecule has 1 aromatic heterocycles. The van der Waals surface area contributed by atoms with Crippen LogP contribution in [0.25, 0.3) is 27.9 Å². The highest BCUT2D eigenvalue weighted by Crippen LogP contribution is 2.31. The summed E-state index contributed by atoms with van der Waals surface area (Å²) in [5.74, 6) is -0.848. The fourth-order valence-electron chi connectivity index (χ4n) is 3.40. The summed E-state index contributed by atoms with van der Waals surface area (Å²) in [6.07, 6.45) is 2.59. The van der Waals surface area contributed by atoms with Crippen LogP contribution in [0, 0.1) is 18.6 Å². The molecule has 5 nitrogen and oxygen atoms in total. The Morgan fingerprint density at radius 2 is 1.50 bits per heavy atom. The van der Waals surface area contributed by atoms with Crippen LogP contribution < -0.4 is 5.56 Å². The quantitative estimate of drug-likeness (QED) is 0.455. The van der Waals surface area contributed by atoms with E-state index in [0.29, 0.717) is 27.9 Å². The van der Waals surface area contributed by atoms with E-state index in [1.165, 1.54) is 54.7 Å². The van der Waals surface area contributed by atoms with Crippen molar-refractivity contribution < 1.29 is 17.2 Å². The highest BCUT2D eigenvalue weighted by molar-refractivity contribution is 7.90. The number of aromatic nitrogens is 2. The molecule has 162 valence electrons. The summed E-state index contributed by atoms with van der Waals surface area (Å²) in [5, 5.41) is 4.24. The summed E-state index contributed by atoms with van der Waals surface area (Å²) in [7, 11) is -3.38. The molecule has 0 unspecified atom stereocenters. The van der Waals surface area contributed by atoms with E-state index in [4.69, 9.17) is 0 Å². The van der Waals surface area contributed by atoms with Crippen molar-refractivity contribution in [2.75, 3.05) is 6.26 Å². The van der Waals surface area contributed by atoms with E-state index in [-0.39, 0.29) is 10.5 Å². The average Bonchev–Trinajstić information content (AvgIpc) is 2.76. The van der Waals surface area contributed by atoms with Gasteiger partial charge in [0, 0.05) is 11.8 Å². The first kappa shape index (κ1) is 21.6. The second-order valence-corrected chi connectivity index (χ2v) is 9.40. The molecule has 4 rings (SSSR count). The zero-order chi connectivity index (χ0) is 23.0. The standard InChI is InChI=1S/C24H18F2N2O3S/c1-15-13-17(5-12-22(15)26)23-21(16-3-10-20(11-4-16)32(2,30)31)14-27-28(24(23)29)19-8-6-18(25)7-9-19/h3-14H,1-2H3. The zero-order valence-corrected chi connectivity index (χ0v) is 18.0. The van der Waals surface area contributed by atoms with Gasteiger partial charge in [-0.15, -0.1) is 0 Å². The first-order valence-electron chi connectivity index (χ1n) is 9.60. The minimum Gasteiger partial charge on any atom is -0.267 e. The SMILES string of the molecule is Cc1cc(-c2c(-c3ccc(S(C)(=O)=O)cc3)cnn(-c3ccc(F)cc3)c2=O)ccc1F. The highest BCUT2D eigenvalue weighted by atomic mass is 32.2. The molecular weight excluding hydrogens is 434 g/mol. The van der Waals surface area contributed by atoms with Crippen molar-refractivity contribution in [3.63, 3.8) is 0 Å². The molecule has 0 aliphatic heterocycles. The van der Waals surface area contributed by atoms with E-state index in [1.54, 1.807) is 25.1 Å². The van der Waals surface area contributed by atoms with Gasteiger partial charge in [-0.05, 0) is 72.1 Å². The monoisotopic (exact) mass is 452 g/mol. The highest BCUT2D eigenvalue weighted by Gasteiger charge is 2.18. The smallest absolute Gasteiger partial charge is 0.267 e. The van der Waals surface area contributed by atoms with Gasteiger partial charge in [0.25, 0.3) is 5.56 Å². The van der Waals surface area contributed by atoms with Crippen molar-refractivity contribution in [3.8, 4) is 27.9 Å². The van der Waals surface area contributed by atoms with Crippen molar-refractivity contribution >= 4 is 9.84 Å². The Labute approximate surface area is 183 Å². The number of hydrogen-bond donors (Lipinski definition) is 0. The lowest BCUT2D eigenvalue weighted by Crippen LogP contribution is -2.23. The lowest BCUT2D eigenvalue weighted by molar-refractivity contribution is 0.602. The first-order valence-corrected chi connectivity index (χ1v) is 11.5.